The summed E-state index contributed by atoms with van der Waals surface area (Å²) < 4.78 is 46.9. The molecule has 0 aromatic rings. The lowest BCUT2D eigenvalue weighted by atomic mass is 9.90. The van der Waals surface area contributed by atoms with Gasteiger partial charge in [-0.25, -0.2) is 0 Å². The maximum Gasteiger partial charge on any atom is 0.390 e. The normalized spacial score (nSPS) is 30.8. The lowest BCUT2D eigenvalue weighted by Gasteiger charge is -2.49. The molecule has 0 radical (unpaired) electrons. The second-order valence-corrected chi connectivity index (χ2v) is 28.4. The van der Waals surface area contributed by atoms with Gasteiger partial charge in [-0.15, -0.1) is 0 Å². The molecule has 2 rings (SSSR count). The molecule has 528 valence electrons. The minimum Gasteiger partial charge on any atom is -0.370 e. The molecule has 27 heteroatoms. The molecule has 0 aromatic heterocycles. The molecule has 4 N–H and O–H groups in total. The van der Waals surface area contributed by atoms with Crippen LogP contribution >= 0.6 is 0 Å². The van der Waals surface area contributed by atoms with Crippen molar-refractivity contribution in [3.05, 3.63) is 0 Å². The van der Waals surface area contributed by atoms with Gasteiger partial charge in [0, 0.05) is 48.8 Å². The Morgan fingerprint density at radius 2 is 1.17 bits per heavy atom. The number of likely N-dealkylation sites (N-methyl/N-ethyl adjacent to an activating group) is 7. The first kappa shape index (κ1) is 82.5. The zero-order valence-corrected chi connectivity index (χ0v) is 59.7. The van der Waals surface area contributed by atoms with Crippen LogP contribution in [0, 0.1) is 35.5 Å². The summed E-state index contributed by atoms with van der Waals surface area (Å²) in [7, 11) is 11.3. The van der Waals surface area contributed by atoms with Gasteiger partial charge in [0.25, 0.3) is 0 Å². The van der Waals surface area contributed by atoms with Crippen LogP contribution in [0.25, 0.3) is 0 Å². The van der Waals surface area contributed by atoms with Crippen LogP contribution in [0.5, 0.6) is 0 Å². The summed E-state index contributed by atoms with van der Waals surface area (Å²) in [6.07, 6.45) is -5.72. The van der Waals surface area contributed by atoms with Gasteiger partial charge in [0.2, 0.25) is 47.3 Å². The molecule has 92 heavy (non-hydrogen) atoms. The maximum absolute atomic E-state index is 15.6. The molecule has 2 heterocycles. The van der Waals surface area contributed by atoms with Crippen LogP contribution in [0.15, 0.2) is 0 Å². The van der Waals surface area contributed by atoms with Crippen LogP contribution in [-0.4, -0.2) is 258 Å². The van der Waals surface area contributed by atoms with E-state index in [1.54, 1.807) is 34.6 Å². The standard InChI is InChI=1S/C65H115F3N12O12/c1-25-47-58(88)74(18)45(14)57(87)79(23)63(36-82,33-40(6)7)71-50(42(10)11)60(90)75(19)48(27-26-38(2)3)54(84)72-62(16,35-81)70-44(13)56(86)80(24)64(37-83,34-41(8)9)78(22)49(32-39(4)5)59(89)76(20)51-46(15)92-53(52(55(85)69-47)77(21)61(51)91)43(12)28-30-73(17)31-29-65(66,67)68/h35-53,70-71H,25-34H2,1-24H3,(H,69,85)(H,72,84). The molecular weight excluding hydrogens is 1200 g/mol. The second kappa shape index (κ2) is 34.7. The van der Waals surface area contributed by atoms with Crippen molar-refractivity contribution in [1.29, 1.82) is 0 Å². The monoisotopic (exact) mass is 1310 g/mol. The highest BCUT2D eigenvalue weighted by Gasteiger charge is 2.53. The second-order valence-electron chi connectivity index (χ2n) is 28.4. The lowest BCUT2D eigenvalue weighted by molar-refractivity contribution is -0.165. The molecule has 0 spiro atoms. The van der Waals surface area contributed by atoms with Crippen molar-refractivity contribution in [3.63, 3.8) is 0 Å². The highest BCUT2D eigenvalue weighted by Crippen LogP contribution is 2.34. The molecule has 8 amide bonds. The molecule has 14 unspecified atom stereocenters. The Labute approximate surface area is 546 Å². The third-order valence-corrected chi connectivity index (χ3v) is 18.5. The van der Waals surface area contributed by atoms with Gasteiger partial charge < -0.3 is 49.7 Å². The van der Waals surface area contributed by atoms with Crippen LogP contribution < -0.4 is 21.3 Å². The highest BCUT2D eigenvalue weighted by molar-refractivity contribution is 5.98. The Hall–Kier alpha value is -5.64. The molecule has 2 fully saturated rings. The number of amides is 8. The summed E-state index contributed by atoms with van der Waals surface area (Å²) >= 11 is 0. The molecule has 2 bridgehead atoms. The van der Waals surface area contributed by atoms with Crippen molar-refractivity contribution >= 4 is 66.1 Å². The van der Waals surface area contributed by atoms with Gasteiger partial charge in [-0.1, -0.05) is 83.1 Å². The molecule has 2 aliphatic heterocycles. The van der Waals surface area contributed by atoms with Gasteiger partial charge in [0.1, 0.15) is 35.9 Å². The van der Waals surface area contributed by atoms with E-state index in [4.69, 9.17) is 4.74 Å². The fourth-order valence-corrected chi connectivity index (χ4v) is 12.6. The Kier molecular flexibility index (Phi) is 31.1. The predicted octanol–water partition coefficient (Wildman–Crippen LogP) is 4.13. The predicted molar refractivity (Wildman–Crippen MR) is 345 cm³/mol. The van der Waals surface area contributed by atoms with E-state index in [0.29, 0.717) is 25.3 Å². The molecular formula is C65H115F3N12O12. The van der Waals surface area contributed by atoms with Crippen molar-refractivity contribution in [1.82, 2.24) is 60.5 Å². The number of hydrogen-bond donors (Lipinski definition) is 4. The number of carbonyl (C=O) groups is 11. The summed E-state index contributed by atoms with van der Waals surface area (Å²) in [6, 6.07) is -10.7. The van der Waals surface area contributed by atoms with Crippen LogP contribution in [0.3, 0.4) is 0 Å². The number of nitrogens with one attached hydrogen (secondary N) is 4. The number of halogens is 3. The van der Waals surface area contributed by atoms with Gasteiger partial charge in [-0.2, -0.15) is 13.2 Å². The molecule has 24 nitrogen and oxygen atoms in total. The van der Waals surface area contributed by atoms with Gasteiger partial charge in [0.15, 0.2) is 30.2 Å². The van der Waals surface area contributed by atoms with E-state index in [9.17, 15) is 41.9 Å². The molecule has 0 saturated carbocycles. The fourth-order valence-electron chi connectivity index (χ4n) is 12.6. The van der Waals surface area contributed by atoms with E-state index in [-0.39, 0.29) is 75.3 Å². The topological polar surface area (TPSA) is 271 Å². The quantitative estimate of drug-likeness (QED) is 0.125. The van der Waals surface area contributed by atoms with E-state index in [1.807, 2.05) is 55.4 Å². The molecule has 14 atom stereocenters. The van der Waals surface area contributed by atoms with Gasteiger partial charge in [-0.05, 0) is 129 Å². The number of alkyl halides is 3. The number of nitrogens with zero attached hydrogens (tertiary/aromatic N) is 8. The number of aldehydes is 3. The molecule has 0 aliphatic carbocycles. The largest absolute Gasteiger partial charge is 0.390 e. The summed E-state index contributed by atoms with van der Waals surface area (Å²) in [6.45, 7) is 27.2. The van der Waals surface area contributed by atoms with Crippen LogP contribution in [0.4, 0.5) is 13.2 Å². The van der Waals surface area contributed by atoms with Crippen LogP contribution in [0.2, 0.25) is 0 Å². The van der Waals surface area contributed by atoms with Crippen LogP contribution in [0.1, 0.15) is 162 Å². The van der Waals surface area contributed by atoms with Gasteiger partial charge in [0.05, 0.1) is 36.8 Å². The van der Waals surface area contributed by atoms with E-state index >= 15 is 24.0 Å². The Balaban J connectivity index is 3.20. The zero-order valence-electron chi connectivity index (χ0n) is 59.7. The van der Waals surface area contributed by atoms with E-state index in [0.717, 1.165) is 14.7 Å². The van der Waals surface area contributed by atoms with E-state index in [2.05, 4.69) is 21.3 Å². The third kappa shape index (κ3) is 20.7. The van der Waals surface area contributed by atoms with Gasteiger partial charge in [-0.3, -0.25) is 68.3 Å². The van der Waals surface area contributed by atoms with Crippen molar-refractivity contribution in [2.45, 2.75) is 246 Å². The number of ether oxygens (including phenoxy) is 1. The number of fused-ring (bicyclic) bond motifs is 3. The average Bonchev–Trinajstić information content (AvgIpc) is 1.15. The third-order valence-electron chi connectivity index (χ3n) is 18.5. The summed E-state index contributed by atoms with van der Waals surface area (Å²) in [5.41, 5.74) is -5.80. The molecule has 2 aliphatic rings. The van der Waals surface area contributed by atoms with Crippen molar-refractivity contribution < 1.29 is 70.6 Å². The first-order valence-corrected chi connectivity index (χ1v) is 32.6. The number of carbonyl (C=O) groups excluding carboxylic acids is 11. The van der Waals surface area contributed by atoms with Crippen LogP contribution in [-0.2, 0) is 57.5 Å². The highest BCUT2D eigenvalue weighted by atomic mass is 19.4. The zero-order chi connectivity index (χ0) is 71.2. The summed E-state index contributed by atoms with van der Waals surface area (Å²) in [4.78, 5) is 172. The Morgan fingerprint density at radius 3 is 1.65 bits per heavy atom. The van der Waals surface area contributed by atoms with Crippen molar-refractivity contribution in [3.8, 4) is 0 Å². The van der Waals surface area contributed by atoms with Gasteiger partial charge >= 0.3 is 6.18 Å². The van der Waals surface area contributed by atoms with Crippen molar-refractivity contribution in [2.75, 3.05) is 69.5 Å². The van der Waals surface area contributed by atoms with E-state index in [1.165, 1.54) is 102 Å². The number of hydrogen-bond acceptors (Lipinski definition) is 16. The first-order chi connectivity index (χ1) is 42.3. The minimum absolute atomic E-state index is 0.0281. The molecule has 0 aromatic carbocycles. The summed E-state index contributed by atoms with van der Waals surface area (Å²) in [5.74, 6) is -8.00. The molecule has 2 saturated heterocycles. The van der Waals surface area contributed by atoms with E-state index < -0.39 is 149 Å². The summed E-state index contributed by atoms with van der Waals surface area (Å²) in [5, 5.41) is 11.7. The first-order valence-electron chi connectivity index (χ1n) is 32.6. The SMILES string of the molecule is CCC1NC(=O)C2C(C(C)CCN(C)CCC(F)(F)F)OC(C)C(C(=O)N2C)N(C)C(=O)C(CC(C)C)N(C)C(C=O)(CC(C)C)N(C)C(=O)C(C)NC(C)(C=O)NC(=O)C(CCC(C)C)N(C)C(=O)C(C(C)C)NC(C=O)(CC(C)C)N(C)C(=O)C(C)N(C)C1=O. The minimum atomic E-state index is -4.42. The smallest absolute Gasteiger partial charge is 0.370 e. The Bertz CT molecular complexity index is 2540. The Morgan fingerprint density at radius 1 is 0.609 bits per heavy atom. The average molecular weight is 1310 g/mol. The maximum atomic E-state index is 15.6. The lowest BCUT2D eigenvalue weighted by Crippen LogP contribution is -2.71. The number of rotatable bonds is 20. The van der Waals surface area contributed by atoms with Crippen molar-refractivity contribution in [2.24, 2.45) is 35.5 Å². The fraction of sp³-hybridized carbons (Fsp3) is 0.831.